The summed E-state index contributed by atoms with van der Waals surface area (Å²) in [6, 6.07) is 4.31. The van der Waals surface area contributed by atoms with Gasteiger partial charge >= 0.3 is 12.0 Å². The van der Waals surface area contributed by atoms with E-state index in [4.69, 9.17) is 14.2 Å². The zero-order chi connectivity index (χ0) is 18.4. The second-order valence-corrected chi connectivity index (χ2v) is 5.55. The molecule has 1 aliphatic heterocycles. The van der Waals surface area contributed by atoms with Gasteiger partial charge in [-0.2, -0.15) is 0 Å². The summed E-state index contributed by atoms with van der Waals surface area (Å²) < 4.78 is 16.1. The van der Waals surface area contributed by atoms with Gasteiger partial charge in [0.15, 0.2) is 11.5 Å². The predicted octanol–water partition coefficient (Wildman–Crippen LogP) is 2.68. The fraction of sp³-hybridized carbons (Fsp3) is 0.444. The van der Waals surface area contributed by atoms with Crippen molar-refractivity contribution in [2.75, 3.05) is 20.3 Å². The molecule has 1 aliphatic rings. The second kappa shape index (κ2) is 8.41. The third-order valence-corrected chi connectivity index (χ3v) is 3.75. The molecule has 2 rings (SSSR count). The predicted molar refractivity (Wildman–Crippen MR) is 92.5 cm³/mol. The van der Waals surface area contributed by atoms with Gasteiger partial charge in [0, 0.05) is 5.70 Å². The molecule has 0 bridgehead atoms. The third-order valence-electron chi connectivity index (χ3n) is 3.75. The number of carbonyl (C=O) groups excluding carboxylic acids is 2. The van der Waals surface area contributed by atoms with E-state index in [1.165, 1.54) is 0 Å². The van der Waals surface area contributed by atoms with Crippen molar-refractivity contribution in [3.63, 3.8) is 0 Å². The summed E-state index contributed by atoms with van der Waals surface area (Å²) in [5.41, 5.74) is 1.56. The fourth-order valence-electron chi connectivity index (χ4n) is 2.63. The first kappa shape index (κ1) is 18.6. The van der Waals surface area contributed by atoms with Gasteiger partial charge in [-0.05, 0) is 38.0 Å². The van der Waals surface area contributed by atoms with E-state index in [9.17, 15) is 9.59 Å². The average molecular weight is 348 g/mol. The lowest BCUT2D eigenvalue weighted by atomic mass is 9.95. The lowest BCUT2D eigenvalue weighted by molar-refractivity contribution is -0.139. The molecule has 1 aromatic carbocycles. The number of urea groups is 1. The molecule has 7 nitrogen and oxygen atoms in total. The maximum atomic E-state index is 12.5. The van der Waals surface area contributed by atoms with Crippen LogP contribution in [-0.2, 0) is 9.53 Å². The topological polar surface area (TPSA) is 85.9 Å². The lowest BCUT2D eigenvalue weighted by Gasteiger charge is -2.28. The Morgan fingerprint density at radius 1 is 1.24 bits per heavy atom. The van der Waals surface area contributed by atoms with Gasteiger partial charge in [-0.1, -0.05) is 13.0 Å². The molecule has 0 saturated carbocycles. The Morgan fingerprint density at radius 3 is 2.64 bits per heavy atom. The Hall–Kier alpha value is -2.70. The molecule has 25 heavy (non-hydrogen) atoms. The summed E-state index contributed by atoms with van der Waals surface area (Å²) in [6.45, 7) is 6.31. The van der Waals surface area contributed by atoms with Gasteiger partial charge in [0.1, 0.15) is 0 Å². The van der Waals surface area contributed by atoms with Crippen LogP contribution in [0.5, 0.6) is 11.5 Å². The van der Waals surface area contributed by atoms with Crippen molar-refractivity contribution in [3.05, 3.63) is 35.0 Å². The molecule has 0 aromatic heterocycles. The van der Waals surface area contributed by atoms with E-state index in [1.54, 1.807) is 32.2 Å². The van der Waals surface area contributed by atoms with Crippen molar-refractivity contribution in [2.45, 2.75) is 33.2 Å². The number of nitrogens with one attached hydrogen (secondary N) is 2. The Labute approximate surface area is 147 Å². The number of allylic oxidation sites excluding steroid dienone is 1. The minimum atomic E-state index is -0.623. The van der Waals surface area contributed by atoms with Crippen molar-refractivity contribution in [2.24, 2.45) is 0 Å². The van der Waals surface area contributed by atoms with Crippen molar-refractivity contribution in [3.8, 4) is 11.5 Å². The maximum Gasteiger partial charge on any atom is 0.338 e. The van der Waals surface area contributed by atoms with E-state index in [1.807, 2.05) is 13.8 Å². The van der Waals surface area contributed by atoms with Gasteiger partial charge < -0.3 is 24.8 Å². The second-order valence-electron chi connectivity index (χ2n) is 5.55. The summed E-state index contributed by atoms with van der Waals surface area (Å²) in [7, 11) is 1.54. The molecule has 0 aliphatic carbocycles. The number of hydrogen-bond donors (Lipinski definition) is 2. The van der Waals surface area contributed by atoms with E-state index in [0.717, 1.165) is 6.42 Å². The quantitative estimate of drug-likeness (QED) is 0.740. The summed E-state index contributed by atoms with van der Waals surface area (Å²) in [5.74, 6) is 0.681. The molecule has 1 unspecified atom stereocenters. The molecule has 2 N–H and O–H groups in total. The highest BCUT2D eigenvalue weighted by Gasteiger charge is 2.32. The van der Waals surface area contributed by atoms with E-state index in [2.05, 4.69) is 10.6 Å². The first-order valence-corrected chi connectivity index (χ1v) is 8.27. The Morgan fingerprint density at radius 2 is 2.00 bits per heavy atom. The van der Waals surface area contributed by atoms with Gasteiger partial charge in [0.05, 0.1) is 31.9 Å². The van der Waals surface area contributed by atoms with Crippen LogP contribution in [0, 0.1) is 0 Å². The van der Waals surface area contributed by atoms with E-state index in [0.29, 0.717) is 41.5 Å². The first-order valence-electron chi connectivity index (χ1n) is 8.27. The average Bonchev–Trinajstić information content (AvgIpc) is 2.59. The number of hydrogen-bond acceptors (Lipinski definition) is 5. The van der Waals surface area contributed by atoms with Crippen molar-refractivity contribution in [1.29, 1.82) is 0 Å². The molecular formula is C18H24N2O5. The van der Waals surface area contributed by atoms with Crippen LogP contribution < -0.4 is 20.1 Å². The minimum Gasteiger partial charge on any atom is -0.493 e. The largest absolute Gasteiger partial charge is 0.493 e. The monoisotopic (exact) mass is 348 g/mol. The van der Waals surface area contributed by atoms with Crippen LogP contribution in [0.4, 0.5) is 4.79 Å². The number of methoxy groups -OCH3 is 1. The number of esters is 1. The summed E-state index contributed by atoms with van der Waals surface area (Å²) in [6.07, 6.45) is 0.722. The van der Waals surface area contributed by atoms with Crippen molar-refractivity contribution >= 4 is 12.0 Å². The number of carbonyl (C=O) groups is 2. The normalized spacial score (nSPS) is 16.8. The molecule has 0 radical (unpaired) electrons. The Bertz CT molecular complexity index is 684. The molecule has 1 heterocycles. The molecule has 2 amide bonds. The Kier molecular flexibility index (Phi) is 6.27. The maximum absolute atomic E-state index is 12.5. The summed E-state index contributed by atoms with van der Waals surface area (Å²) in [5, 5.41) is 5.39. The summed E-state index contributed by atoms with van der Waals surface area (Å²) >= 11 is 0. The van der Waals surface area contributed by atoms with Crippen LogP contribution in [-0.4, -0.2) is 32.3 Å². The van der Waals surface area contributed by atoms with Crippen LogP contribution in [0.25, 0.3) is 0 Å². The van der Waals surface area contributed by atoms with Crippen LogP contribution in [0.1, 0.15) is 38.8 Å². The molecule has 0 saturated heterocycles. The SMILES string of the molecule is CCCOC(=O)C1=C(C)NC(=O)NC1c1ccc(OCC)c(OC)c1. The molecular weight excluding hydrogens is 324 g/mol. The van der Waals surface area contributed by atoms with E-state index >= 15 is 0 Å². The smallest absolute Gasteiger partial charge is 0.338 e. The molecule has 0 spiro atoms. The van der Waals surface area contributed by atoms with Gasteiger partial charge in [-0.25, -0.2) is 9.59 Å². The molecule has 1 aromatic rings. The highest BCUT2D eigenvalue weighted by atomic mass is 16.5. The Balaban J connectivity index is 2.41. The van der Waals surface area contributed by atoms with E-state index < -0.39 is 12.0 Å². The minimum absolute atomic E-state index is 0.322. The molecule has 136 valence electrons. The third kappa shape index (κ3) is 4.23. The van der Waals surface area contributed by atoms with Crippen LogP contribution in [0.15, 0.2) is 29.5 Å². The first-order chi connectivity index (χ1) is 12.0. The van der Waals surface area contributed by atoms with E-state index in [-0.39, 0.29) is 6.03 Å². The highest BCUT2D eigenvalue weighted by Crippen LogP contribution is 2.34. The molecule has 7 heteroatoms. The van der Waals surface area contributed by atoms with Crippen molar-refractivity contribution in [1.82, 2.24) is 10.6 Å². The zero-order valence-corrected chi connectivity index (χ0v) is 15.0. The zero-order valence-electron chi connectivity index (χ0n) is 15.0. The molecule has 1 atom stereocenters. The number of benzene rings is 1. The van der Waals surface area contributed by atoms with Crippen LogP contribution in [0.2, 0.25) is 0 Å². The van der Waals surface area contributed by atoms with Gasteiger partial charge in [0.2, 0.25) is 0 Å². The molecule has 0 fully saturated rings. The van der Waals surface area contributed by atoms with Gasteiger partial charge in [-0.15, -0.1) is 0 Å². The van der Waals surface area contributed by atoms with Crippen LogP contribution in [0.3, 0.4) is 0 Å². The number of rotatable bonds is 7. The number of ether oxygens (including phenoxy) is 3. The highest BCUT2D eigenvalue weighted by molar-refractivity contribution is 5.95. The fourth-order valence-corrected chi connectivity index (χ4v) is 2.63. The number of amides is 2. The van der Waals surface area contributed by atoms with Crippen molar-refractivity contribution < 1.29 is 23.8 Å². The lowest BCUT2D eigenvalue weighted by Crippen LogP contribution is -2.45. The van der Waals surface area contributed by atoms with Gasteiger partial charge in [-0.3, -0.25) is 0 Å². The van der Waals surface area contributed by atoms with Crippen LogP contribution >= 0.6 is 0 Å². The van der Waals surface area contributed by atoms with Gasteiger partial charge in [0.25, 0.3) is 0 Å². The standard InChI is InChI=1S/C18H24N2O5/c1-5-9-25-17(21)15-11(3)19-18(22)20-16(15)12-7-8-13(24-6-2)14(10-12)23-4/h7-8,10,16H,5-6,9H2,1-4H3,(H2,19,20,22). The summed E-state index contributed by atoms with van der Waals surface area (Å²) in [4.78, 5) is 24.4.